The van der Waals surface area contributed by atoms with Crippen LogP contribution in [-0.4, -0.2) is 21.9 Å². The second-order valence-electron chi connectivity index (χ2n) is 8.59. The molecule has 0 saturated heterocycles. The minimum atomic E-state index is -0.887. The molecule has 0 bridgehead atoms. The zero-order chi connectivity index (χ0) is 23.9. The number of hydrogen-bond acceptors (Lipinski definition) is 3. The highest BCUT2D eigenvalue weighted by atomic mass is 19.1. The van der Waals surface area contributed by atoms with E-state index < -0.39 is 5.97 Å². The summed E-state index contributed by atoms with van der Waals surface area (Å²) in [6.07, 6.45) is 1.16. The maximum Gasteiger partial charge on any atom is 0.307 e. The molecule has 0 amide bonds. The molecular formula is C27H26FN3O2. The van der Waals surface area contributed by atoms with E-state index in [0.717, 1.165) is 39.0 Å². The first-order chi connectivity index (χ1) is 15.7. The summed E-state index contributed by atoms with van der Waals surface area (Å²) in [5.74, 6) is -1.12. The number of halogens is 1. The molecule has 1 heterocycles. The smallest absolute Gasteiger partial charge is 0.307 e. The number of aliphatic carboxylic acids is 1. The highest BCUT2D eigenvalue weighted by Crippen LogP contribution is 2.43. The number of rotatable bonds is 6. The summed E-state index contributed by atoms with van der Waals surface area (Å²) in [7, 11) is 0. The summed E-state index contributed by atoms with van der Waals surface area (Å²) in [5.41, 5.74) is 13.7. The van der Waals surface area contributed by atoms with Crippen molar-refractivity contribution in [2.75, 3.05) is 5.73 Å². The molecule has 5 nitrogen and oxygen atoms in total. The van der Waals surface area contributed by atoms with Gasteiger partial charge in [0.15, 0.2) is 0 Å². The fraction of sp³-hybridized carbons (Fsp3) is 0.185. The van der Waals surface area contributed by atoms with E-state index in [1.54, 1.807) is 12.1 Å². The number of anilines is 1. The topological polar surface area (TPSA) is 92.1 Å². The predicted molar refractivity (Wildman–Crippen MR) is 131 cm³/mol. The van der Waals surface area contributed by atoms with Crippen LogP contribution in [0.25, 0.3) is 27.7 Å². The van der Waals surface area contributed by atoms with E-state index in [1.165, 1.54) is 18.3 Å². The van der Waals surface area contributed by atoms with Crippen LogP contribution in [0.3, 0.4) is 0 Å². The van der Waals surface area contributed by atoms with Crippen LogP contribution in [0.1, 0.15) is 42.1 Å². The number of nitrogen functional groups attached to an aromatic ring is 1. The lowest BCUT2D eigenvalue weighted by Crippen LogP contribution is -2.04. The van der Waals surface area contributed by atoms with Gasteiger partial charge in [0.1, 0.15) is 5.82 Å². The average molecular weight is 444 g/mol. The number of hydrogen-bond donors (Lipinski definition) is 3. The van der Waals surface area contributed by atoms with E-state index >= 15 is 0 Å². The molecule has 0 fully saturated rings. The number of carboxylic acid groups (broad SMARTS) is 1. The van der Waals surface area contributed by atoms with Crippen LogP contribution in [0.15, 0.2) is 54.6 Å². The van der Waals surface area contributed by atoms with Gasteiger partial charge in [0.25, 0.3) is 0 Å². The first-order valence-electron chi connectivity index (χ1n) is 10.8. The molecule has 0 aliphatic rings. The van der Waals surface area contributed by atoms with E-state index in [1.807, 2.05) is 37.3 Å². The van der Waals surface area contributed by atoms with Gasteiger partial charge in [-0.1, -0.05) is 32.0 Å². The van der Waals surface area contributed by atoms with Gasteiger partial charge in [0.05, 0.1) is 11.9 Å². The number of benzene rings is 3. The van der Waals surface area contributed by atoms with Crippen LogP contribution in [0.2, 0.25) is 0 Å². The lowest BCUT2D eigenvalue weighted by Gasteiger charge is -2.17. The maximum absolute atomic E-state index is 13.7. The van der Waals surface area contributed by atoms with Gasteiger partial charge in [-0.3, -0.25) is 4.79 Å². The van der Waals surface area contributed by atoms with Gasteiger partial charge >= 0.3 is 5.97 Å². The monoisotopic (exact) mass is 443 g/mol. The van der Waals surface area contributed by atoms with E-state index in [9.17, 15) is 14.3 Å². The lowest BCUT2D eigenvalue weighted by atomic mass is 9.91. The predicted octanol–water partition coefficient (Wildman–Crippen LogP) is 6.08. The molecular weight excluding hydrogens is 417 g/mol. The number of carbonyl (C=O) groups is 1. The Bertz CT molecular complexity index is 1390. The van der Waals surface area contributed by atoms with Crippen molar-refractivity contribution in [1.82, 2.24) is 4.57 Å². The van der Waals surface area contributed by atoms with Gasteiger partial charge in [-0.15, -0.1) is 0 Å². The van der Waals surface area contributed by atoms with Crippen LogP contribution in [0.4, 0.5) is 10.1 Å². The van der Waals surface area contributed by atoms with Crippen molar-refractivity contribution in [2.45, 2.75) is 33.1 Å². The molecule has 0 unspecified atom stereocenters. The Kier molecular flexibility index (Phi) is 5.77. The Morgan fingerprint density at radius 3 is 2.45 bits per heavy atom. The van der Waals surface area contributed by atoms with E-state index in [2.05, 4.69) is 18.4 Å². The molecule has 0 aliphatic heterocycles. The molecule has 33 heavy (non-hydrogen) atoms. The first-order valence-corrected chi connectivity index (χ1v) is 10.8. The molecule has 3 aromatic carbocycles. The second-order valence-corrected chi connectivity index (χ2v) is 8.59. The third kappa shape index (κ3) is 4.00. The van der Waals surface area contributed by atoms with Crippen molar-refractivity contribution in [3.8, 4) is 16.8 Å². The Morgan fingerprint density at radius 1 is 1.15 bits per heavy atom. The first kappa shape index (κ1) is 22.3. The molecule has 0 aliphatic carbocycles. The van der Waals surface area contributed by atoms with Gasteiger partial charge in [0, 0.05) is 39.8 Å². The van der Waals surface area contributed by atoms with Crippen LogP contribution >= 0.6 is 0 Å². The number of fused-ring (bicyclic) bond motifs is 1. The molecule has 0 atom stereocenters. The summed E-state index contributed by atoms with van der Waals surface area (Å²) >= 11 is 0. The number of aryl methyl sites for hydroxylation is 1. The number of nitrogens with zero attached hydrogens (tertiary/aromatic N) is 1. The number of nitrogens with two attached hydrogens (primary N) is 1. The van der Waals surface area contributed by atoms with Crippen molar-refractivity contribution in [3.05, 3.63) is 82.8 Å². The number of nitrogens with one attached hydrogen (secondary N) is 1. The van der Waals surface area contributed by atoms with Gasteiger partial charge in [-0.25, -0.2) is 4.39 Å². The Labute approximate surface area is 191 Å². The fourth-order valence-corrected chi connectivity index (χ4v) is 4.43. The lowest BCUT2D eigenvalue weighted by molar-refractivity contribution is -0.136. The van der Waals surface area contributed by atoms with Crippen LogP contribution in [0, 0.1) is 18.2 Å². The highest BCUT2D eigenvalue weighted by Gasteiger charge is 2.24. The molecule has 168 valence electrons. The Balaban J connectivity index is 2.16. The molecule has 6 heteroatoms. The summed E-state index contributed by atoms with van der Waals surface area (Å²) in [6.45, 7) is 6.18. The molecule has 1 aromatic heterocycles. The van der Waals surface area contributed by atoms with Crippen LogP contribution in [0.5, 0.6) is 0 Å². The zero-order valence-electron chi connectivity index (χ0n) is 18.8. The average Bonchev–Trinajstić information content (AvgIpc) is 3.08. The van der Waals surface area contributed by atoms with E-state index in [4.69, 9.17) is 11.1 Å². The normalized spacial score (nSPS) is 11.3. The minimum absolute atomic E-state index is 0.0685. The molecule has 0 saturated carbocycles. The van der Waals surface area contributed by atoms with Crippen LogP contribution in [-0.2, 0) is 11.2 Å². The third-order valence-electron chi connectivity index (χ3n) is 5.92. The minimum Gasteiger partial charge on any atom is -0.481 e. The largest absolute Gasteiger partial charge is 0.481 e. The maximum atomic E-state index is 13.7. The third-order valence-corrected chi connectivity index (χ3v) is 5.92. The molecule has 4 N–H and O–H groups in total. The van der Waals surface area contributed by atoms with Gasteiger partial charge < -0.3 is 20.8 Å². The fourth-order valence-electron chi connectivity index (χ4n) is 4.43. The Hall–Kier alpha value is -3.93. The quantitative estimate of drug-likeness (QED) is 0.249. The second kappa shape index (κ2) is 8.54. The van der Waals surface area contributed by atoms with Gasteiger partial charge in [-0.05, 0) is 65.9 Å². The van der Waals surface area contributed by atoms with Crippen molar-refractivity contribution in [3.63, 3.8) is 0 Å². The Morgan fingerprint density at radius 2 is 1.85 bits per heavy atom. The van der Waals surface area contributed by atoms with Crippen molar-refractivity contribution in [1.29, 1.82) is 5.41 Å². The van der Waals surface area contributed by atoms with Crippen molar-refractivity contribution in [2.24, 2.45) is 0 Å². The summed E-state index contributed by atoms with van der Waals surface area (Å²) in [4.78, 5) is 11.3. The van der Waals surface area contributed by atoms with E-state index in [-0.39, 0.29) is 18.2 Å². The van der Waals surface area contributed by atoms with Gasteiger partial charge in [0.2, 0.25) is 0 Å². The number of carboxylic acids is 1. The summed E-state index contributed by atoms with van der Waals surface area (Å²) < 4.78 is 15.8. The highest BCUT2D eigenvalue weighted by molar-refractivity contribution is 6.05. The number of aromatic nitrogens is 1. The molecule has 0 radical (unpaired) electrons. The van der Waals surface area contributed by atoms with Crippen LogP contribution < -0.4 is 5.73 Å². The SMILES string of the molecule is Cc1ccc(CC(=O)O)cc1-c1c(C(C)C)n(-c2ccc(F)cc2)c2cc(C=N)c(N)cc12. The van der Waals surface area contributed by atoms with E-state index in [0.29, 0.717) is 16.8 Å². The van der Waals surface area contributed by atoms with Crippen molar-refractivity contribution < 1.29 is 14.3 Å². The van der Waals surface area contributed by atoms with Crippen molar-refractivity contribution >= 4 is 28.8 Å². The zero-order valence-corrected chi connectivity index (χ0v) is 18.8. The standard InChI is InChI=1S/C27H26FN3O2/c1-15(2)27-26(21-10-17(11-25(32)33)5-4-16(21)3)22-13-23(30)18(14-29)12-24(22)31(27)20-8-6-19(28)7-9-20/h4-10,12-15,29H,11,30H2,1-3H3,(H,32,33). The summed E-state index contributed by atoms with van der Waals surface area (Å²) in [6, 6.07) is 15.8. The summed E-state index contributed by atoms with van der Waals surface area (Å²) in [5, 5.41) is 18.0. The molecule has 4 aromatic rings. The molecule has 0 spiro atoms. The molecule has 4 rings (SSSR count). The van der Waals surface area contributed by atoms with Gasteiger partial charge in [-0.2, -0.15) is 0 Å².